The number of hydrogen-bond acceptors (Lipinski definition) is 0. The molecule has 0 saturated heterocycles. The summed E-state index contributed by atoms with van der Waals surface area (Å²) in [4.78, 5) is 4.16. The Morgan fingerprint density at radius 3 is 1.62 bits per heavy atom. The fraction of sp³-hybridized carbons (Fsp3) is 0.357. The molecule has 0 saturated carbocycles. The van der Waals surface area contributed by atoms with Gasteiger partial charge in [0.2, 0.25) is 0 Å². The molecule has 1 unspecified atom stereocenters. The van der Waals surface area contributed by atoms with E-state index in [4.69, 9.17) is 0 Å². The van der Waals surface area contributed by atoms with Crippen LogP contribution in [-0.2, 0) is 10.9 Å². The molecule has 0 spiro atoms. The maximum atomic E-state index is 2.38. The molecule has 0 aliphatic carbocycles. The summed E-state index contributed by atoms with van der Waals surface area (Å²) in [6.07, 6.45) is 9.56. The molecule has 0 aliphatic heterocycles. The molecule has 0 nitrogen and oxygen atoms in total. The Kier molecular flexibility index (Phi) is 8.89. The number of unbranched alkanes of at least 4 members (excludes halogenated alkanes) is 5. The van der Waals surface area contributed by atoms with Crippen LogP contribution in [0.1, 0.15) is 70.3 Å². The molecule has 0 aliphatic rings. The van der Waals surface area contributed by atoms with Crippen molar-refractivity contribution in [1.29, 1.82) is 0 Å². The molecule has 3 aromatic carbocycles. The first-order valence-corrected chi connectivity index (χ1v) is 12.5. The largest absolute Gasteiger partial charge is 0.166 e. The lowest BCUT2D eigenvalue weighted by molar-refractivity contribution is 0.557. The Balaban J connectivity index is 1.68. The van der Waals surface area contributed by atoms with Gasteiger partial charge in [0.1, 0.15) is 0 Å². The van der Waals surface area contributed by atoms with E-state index in [0.717, 1.165) is 0 Å². The highest BCUT2D eigenvalue weighted by molar-refractivity contribution is 7.97. The minimum atomic E-state index is -0.0463. The van der Waals surface area contributed by atoms with Gasteiger partial charge in [-0.2, -0.15) is 0 Å². The standard InChI is InChI=1S/C28H35S/c1-3-4-5-6-7-10-15-24(2)25-20-22-28(23-21-25)29(26-16-11-8-12-17-26)27-18-13-9-14-19-27/h8-9,11-14,16-24H,3-7,10,15H2,1-2H3/q+1. The van der Waals surface area contributed by atoms with Crippen LogP contribution in [0.3, 0.4) is 0 Å². The predicted octanol–water partition coefficient (Wildman–Crippen LogP) is 8.64. The molecule has 0 heterocycles. The molecule has 0 aromatic heterocycles. The molecule has 1 atom stereocenters. The van der Waals surface area contributed by atoms with E-state index < -0.39 is 0 Å². The average molecular weight is 404 g/mol. The van der Waals surface area contributed by atoms with Gasteiger partial charge >= 0.3 is 0 Å². The summed E-state index contributed by atoms with van der Waals surface area (Å²) in [5, 5.41) is 0. The maximum absolute atomic E-state index is 2.38. The van der Waals surface area contributed by atoms with Crippen LogP contribution in [0, 0.1) is 0 Å². The lowest BCUT2D eigenvalue weighted by Crippen LogP contribution is -2.05. The minimum Gasteiger partial charge on any atom is -0.0654 e. The van der Waals surface area contributed by atoms with Crippen LogP contribution in [0.25, 0.3) is 0 Å². The van der Waals surface area contributed by atoms with Gasteiger partial charge in [-0.15, -0.1) is 0 Å². The zero-order valence-corrected chi connectivity index (χ0v) is 18.8. The lowest BCUT2D eigenvalue weighted by atomic mass is 9.95. The second kappa shape index (κ2) is 11.9. The first kappa shape index (κ1) is 21.7. The van der Waals surface area contributed by atoms with Gasteiger partial charge in [-0.3, -0.25) is 0 Å². The van der Waals surface area contributed by atoms with Crippen molar-refractivity contribution in [2.75, 3.05) is 0 Å². The zero-order chi connectivity index (χ0) is 20.3. The third kappa shape index (κ3) is 6.51. The number of rotatable bonds is 11. The van der Waals surface area contributed by atoms with Crippen molar-refractivity contribution in [2.24, 2.45) is 0 Å². The van der Waals surface area contributed by atoms with Crippen LogP contribution in [0.2, 0.25) is 0 Å². The minimum absolute atomic E-state index is 0.0463. The zero-order valence-electron chi connectivity index (χ0n) is 18.0. The first-order chi connectivity index (χ1) is 14.3. The normalized spacial score (nSPS) is 12.2. The van der Waals surface area contributed by atoms with Gasteiger partial charge in [0.05, 0.1) is 10.9 Å². The Labute approximate surface area is 180 Å². The van der Waals surface area contributed by atoms with Crippen LogP contribution in [-0.4, -0.2) is 0 Å². The summed E-state index contributed by atoms with van der Waals surface area (Å²) < 4.78 is 0. The van der Waals surface area contributed by atoms with Gasteiger partial charge in [-0.05, 0) is 54.3 Å². The van der Waals surface area contributed by atoms with E-state index >= 15 is 0 Å². The quantitative estimate of drug-likeness (QED) is 0.222. The first-order valence-electron chi connectivity index (χ1n) is 11.2. The summed E-state index contributed by atoms with van der Waals surface area (Å²) in [6, 6.07) is 31.3. The highest BCUT2D eigenvalue weighted by atomic mass is 32.2. The van der Waals surface area contributed by atoms with E-state index in [-0.39, 0.29) is 10.9 Å². The van der Waals surface area contributed by atoms with Crippen LogP contribution < -0.4 is 0 Å². The smallest absolute Gasteiger partial charge is 0.0654 e. The number of hydrogen-bond donors (Lipinski definition) is 0. The van der Waals surface area contributed by atoms with E-state index in [2.05, 4.69) is 98.8 Å². The van der Waals surface area contributed by atoms with Gasteiger partial charge in [0.15, 0.2) is 14.7 Å². The fourth-order valence-corrected chi connectivity index (χ4v) is 5.93. The van der Waals surface area contributed by atoms with Crippen molar-refractivity contribution < 1.29 is 0 Å². The van der Waals surface area contributed by atoms with Crippen molar-refractivity contribution in [1.82, 2.24) is 0 Å². The molecule has 0 bridgehead atoms. The summed E-state index contributed by atoms with van der Waals surface area (Å²) in [7, 11) is -0.0463. The molecule has 3 rings (SSSR count). The van der Waals surface area contributed by atoms with E-state index in [9.17, 15) is 0 Å². The number of benzene rings is 3. The molecule has 152 valence electrons. The second-order valence-electron chi connectivity index (χ2n) is 7.96. The van der Waals surface area contributed by atoms with Crippen LogP contribution in [0.15, 0.2) is 99.6 Å². The van der Waals surface area contributed by atoms with Crippen molar-refractivity contribution in [3.05, 3.63) is 90.5 Å². The molecule has 0 amide bonds. The third-order valence-electron chi connectivity index (χ3n) is 5.63. The Bertz CT molecular complexity index is 768. The summed E-state index contributed by atoms with van der Waals surface area (Å²) >= 11 is 0. The van der Waals surface area contributed by atoms with Crippen molar-refractivity contribution in [3.63, 3.8) is 0 Å². The van der Waals surface area contributed by atoms with E-state index in [0.29, 0.717) is 5.92 Å². The van der Waals surface area contributed by atoms with Gasteiger partial charge < -0.3 is 0 Å². The summed E-state index contributed by atoms with van der Waals surface area (Å²) in [5.41, 5.74) is 1.48. The molecular weight excluding hydrogens is 368 g/mol. The fourth-order valence-electron chi connectivity index (χ4n) is 3.85. The van der Waals surface area contributed by atoms with Crippen LogP contribution in [0.5, 0.6) is 0 Å². The Hall–Kier alpha value is -1.99. The van der Waals surface area contributed by atoms with Crippen LogP contribution >= 0.6 is 0 Å². The second-order valence-corrected chi connectivity index (χ2v) is 9.99. The van der Waals surface area contributed by atoms with Crippen LogP contribution in [0.4, 0.5) is 0 Å². The Morgan fingerprint density at radius 1 is 0.586 bits per heavy atom. The Morgan fingerprint density at radius 2 is 1.07 bits per heavy atom. The summed E-state index contributed by atoms with van der Waals surface area (Å²) in [5.74, 6) is 0.644. The van der Waals surface area contributed by atoms with Gasteiger partial charge in [-0.25, -0.2) is 0 Å². The monoisotopic (exact) mass is 403 g/mol. The maximum Gasteiger partial charge on any atom is 0.166 e. The van der Waals surface area contributed by atoms with E-state index in [1.54, 1.807) is 0 Å². The molecule has 3 aromatic rings. The van der Waals surface area contributed by atoms with Gasteiger partial charge in [0, 0.05) is 0 Å². The average Bonchev–Trinajstić information content (AvgIpc) is 2.78. The summed E-state index contributed by atoms with van der Waals surface area (Å²) in [6.45, 7) is 4.67. The molecule has 0 N–H and O–H groups in total. The lowest BCUT2D eigenvalue weighted by Gasteiger charge is -2.13. The third-order valence-corrected chi connectivity index (χ3v) is 7.86. The highest BCUT2D eigenvalue weighted by Crippen LogP contribution is 2.32. The molecule has 0 fully saturated rings. The van der Waals surface area contributed by atoms with Gasteiger partial charge in [0.25, 0.3) is 0 Å². The van der Waals surface area contributed by atoms with E-state index in [1.807, 2.05) is 0 Å². The van der Waals surface area contributed by atoms with E-state index in [1.165, 1.54) is 65.2 Å². The SMILES string of the molecule is CCCCCCCCC(C)c1ccc([S+](c2ccccc2)c2ccccc2)cc1. The van der Waals surface area contributed by atoms with Gasteiger partial charge in [-0.1, -0.05) is 101 Å². The highest BCUT2D eigenvalue weighted by Gasteiger charge is 2.28. The van der Waals surface area contributed by atoms with Crippen molar-refractivity contribution in [3.8, 4) is 0 Å². The molecule has 0 radical (unpaired) electrons. The predicted molar refractivity (Wildman–Crippen MR) is 128 cm³/mol. The molecule has 1 heteroatoms. The topological polar surface area (TPSA) is 0 Å². The molecular formula is C28H35S+. The van der Waals surface area contributed by atoms with Crippen molar-refractivity contribution >= 4 is 10.9 Å². The van der Waals surface area contributed by atoms with Crippen molar-refractivity contribution in [2.45, 2.75) is 79.4 Å². The molecule has 29 heavy (non-hydrogen) atoms.